The summed E-state index contributed by atoms with van der Waals surface area (Å²) >= 11 is 0. The average Bonchev–Trinajstić information content (AvgIpc) is 3.48. The topological polar surface area (TPSA) is 156 Å². The van der Waals surface area contributed by atoms with Gasteiger partial charge in [-0.2, -0.15) is 0 Å². The lowest BCUT2D eigenvalue weighted by molar-refractivity contribution is -0.156. The fraction of sp³-hybridized carbons (Fsp3) is 0.462. The first-order valence-corrected chi connectivity index (χ1v) is 17.1. The molecule has 1 saturated carbocycles. The summed E-state index contributed by atoms with van der Waals surface area (Å²) in [7, 11) is 1.58. The van der Waals surface area contributed by atoms with Gasteiger partial charge in [0.15, 0.2) is 0 Å². The van der Waals surface area contributed by atoms with Crippen LogP contribution in [0.3, 0.4) is 0 Å². The Balaban J connectivity index is 1.52. The van der Waals surface area contributed by atoms with E-state index in [4.69, 9.17) is 19.2 Å². The summed E-state index contributed by atoms with van der Waals surface area (Å²) in [6.07, 6.45) is 0.936. The van der Waals surface area contributed by atoms with E-state index in [0.717, 1.165) is 5.56 Å². The molecule has 1 aromatic heterocycles. The predicted molar refractivity (Wildman–Crippen MR) is 192 cm³/mol. The van der Waals surface area contributed by atoms with E-state index in [9.17, 15) is 24.3 Å². The van der Waals surface area contributed by atoms with E-state index in [1.54, 1.807) is 54.7 Å². The van der Waals surface area contributed by atoms with Gasteiger partial charge in [-0.05, 0) is 51.2 Å². The van der Waals surface area contributed by atoms with Crippen molar-refractivity contribution < 1.29 is 38.5 Å². The van der Waals surface area contributed by atoms with E-state index < -0.39 is 64.5 Å². The van der Waals surface area contributed by atoms with Crippen molar-refractivity contribution in [2.75, 3.05) is 13.7 Å². The molecule has 12 heteroatoms. The number of carboxylic acid groups (broad SMARTS) is 1. The molecule has 0 spiro atoms. The van der Waals surface area contributed by atoms with Crippen molar-refractivity contribution in [1.29, 1.82) is 0 Å². The summed E-state index contributed by atoms with van der Waals surface area (Å²) < 4.78 is 17.6. The number of benzene rings is 2. The molecule has 3 N–H and O–H groups in total. The molecule has 3 aromatic rings. The molecule has 0 radical (unpaired) electrons. The average molecular weight is 701 g/mol. The molecule has 1 aliphatic carbocycles. The van der Waals surface area contributed by atoms with E-state index in [1.807, 2.05) is 48.5 Å². The Hall–Kier alpha value is -5.13. The molecule has 2 heterocycles. The van der Waals surface area contributed by atoms with Crippen LogP contribution in [0, 0.1) is 11.3 Å². The monoisotopic (exact) mass is 700 g/mol. The van der Waals surface area contributed by atoms with E-state index >= 15 is 0 Å². The summed E-state index contributed by atoms with van der Waals surface area (Å²) in [6.45, 7) is 14.3. The van der Waals surface area contributed by atoms with Crippen LogP contribution in [0.5, 0.6) is 11.5 Å². The van der Waals surface area contributed by atoms with Crippen LogP contribution in [0.25, 0.3) is 22.2 Å². The van der Waals surface area contributed by atoms with Gasteiger partial charge in [-0.1, -0.05) is 57.2 Å². The zero-order valence-electron chi connectivity index (χ0n) is 30.3. The number of rotatable bonds is 10. The highest BCUT2D eigenvalue weighted by molar-refractivity contribution is 5.95. The maximum Gasteiger partial charge on any atom is 0.408 e. The van der Waals surface area contributed by atoms with Crippen LogP contribution in [0.1, 0.15) is 60.8 Å². The number of hydrogen-bond acceptors (Lipinski definition) is 8. The molecule has 12 nitrogen and oxygen atoms in total. The van der Waals surface area contributed by atoms with Gasteiger partial charge in [0.1, 0.15) is 40.8 Å². The molecule has 2 aromatic carbocycles. The SMILES string of the molecule is C=CC1CCC1(NC(=O)[C@@H]1C[C@@H](Oc2cc(-c3ccccc3)nc3cc(OC)ccc23)CN1C(=O)[C@@H](NC(=O)OC(C)(C)C)C(C)(C)C)C(=O)O. The van der Waals surface area contributed by atoms with E-state index in [0.29, 0.717) is 34.5 Å². The molecule has 1 aliphatic heterocycles. The Morgan fingerprint density at radius 3 is 2.33 bits per heavy atom. The van der Waals surface area contributed by atoms with Gasteiger partial charge < -0.3 is 34.9 Å². The Kier molecular flexibility index (Phi) is 10.4. The molecule has 5 atom stereocenters. The van der Waals surface area contributed by atoms with Crippen LogP contribution in [0.4, 0.5) is 4.79 Å². The van der Waals surface area contributed by atoms with Gasteiger partial charge in [0.25, 0.3) is 0 Å². The van der Waals surface area contributed by atoms with E-state index in [1.165, 1.54) is 11.0 Å². The van der Waals surface area contributed by atoms with Crippen molar-refractivity contribution >= 4 is 34.8 Å². The first-order valence-electron chi connectivity index (χ1n) is 17.1. The number of aromatic nitrogens is 1. The Morgan fingerprint density at radius 1 is 1.06 bits per heavy atom. The van der Waals surface area contributed by atoms with Gasteiger partial charge in [-0.15, -0.1) is 6.58 Å². The minimum atomic E-state index is -1.53. The Labute approximate surface area is 298 Å². The third-order valence-corrected chi connectivity index (χ3v) is 9.46. The van der Waals surface area contributed by atoms with Gasteiger partial charge in [-0.3, -0.25) is 9.59 Å². The molecular weight excluding hydrogens is 652 g/mol. The van der Waals surface area contributed by atoms with Crippen LogP contribution in [0.15, 0.2) is 67.3 Å². The second-order valence-corrected chi connectivity index (χ2v) is 15.3. The molecule has 2 unspecified atom stereocenters. The van der Waals surface area contributed by atoms with Gasteiger partial charge in [0.2, 0.25) is 11.8 Å². The van der Waals surface area contributed by atoms with Gasteiger partial charge >= 0.3 is 12.1 Å². The summed E-state index contributed by atoms with van der Waals surface area (Å²) in [5.41, 5.74) is -0.978. The number of hydrogen-bond donors (Lipinski definition) is 3. The highest BCUT2D eigenvalue weighted by Gasteiger charge is 2.55. The number of nitrogens with one attached hydrogen (secondary N) is 2. The number of carboxylic acids is 1. The maximum absolute atomic E-state index is 14.5. The lowest BCUT2D eigenvalue weighted by atomic mass is 9.66. The number of amides is 3. The normalized spacial score (nSPS) is 22.3. The number of carbonyl (C=O) groups is 4. The standard InChI is InChI=1S/C39H48N4O8/c1-9-24-17-18-39(24,35(46)47)42-33(44)30-20-26(22-43(30)34(45)32(37(2,3)4)41-36(48)51-38(5,6)7)50-31-21-28(23-13-11-10-12-14-23)40-29-19-25(49-8)15-16-27(29)31/h9-16,19,21,24,26,30,32H,1,17-18,20,22H2,2-8H3,(H,41,48)(H,42,44)(H,46,47)/t24?,26-,30+,32-,39?/m1/s1. The molecule has 1 saturated heterocycles. The lowest BCUT2D eigenvalue weighted by Gasteiger charge is -2.46. The molecule has 3 amide bonds. The number of carbonyl (C=O) groups excluding carboxylic acids is 3. The molecule has 51 heavy (non-hydrogen) atoms. The van der Waals surface area contributed by atoms with Crippen molar-refractivity contribution in [2.24, 2.45) is 11.3 Å². The highest BCUT2D eigenvalue weighted by Crippen LogP contribution is 2.41. The quantitative estimate of drug-likeness (QED) is 0.225. The molecule has 272 valence electrons. The van der Waals surface area contributed by atoms with Gasteiger partial charge in [-0.25, -0.2) is 14.6 Å². The number of aliphatic carboxylic acids is 1. The van der Waals surface area contributed by atoms with Crippen LogP contribution in [0.2, 0.25) is 0 Å². The largest absolute Gasteiger partial charge is 0.497 e. The number of likely N-dealkylation sites (tertiary alicyclic amines) is 1. The minimum Gasteiger partial charge on any atom is -0.497 e. The summed E-state index contributed by atoms with van der Waals surface area (Å²) in [4.78, 5) is 60.3. The number of nitrogens with zero attached hydrogens (tertiary/aromatic N) is 2. The lowest BCUT2D eigenvalue weighted by Crippen LogP contribution is -2.67. The summed E-state index contributed by atoms with van der Waals surface area (Å²) in [6, 6.07) is 14.7. The van der Waals surface area contributed by atoms with E-state index in [-0.39, 0.29) is 19.4 Å². The van der Waals surface area contributed by atoms with Crippen molar-refractivity contribution in [1.82, 2.24) is 20.5 Å². The molecule has 2 aliphatic rings. The zero-order valence-corrected chi connectivity index (χ0v) is 30.3. The number of pyridine rings is 1. The third-order valence-electron chi connectivity index (χ3n) is 9.46. The summed E-state index contributed by atoms with van der Waals surface area (Å²) in [5, 5.41) is 16.4. The number of fused-ring (bicyclic) bond motifs is 1. The first-order chi connectivity index (χ1) is 24.0. The van der Waals surface area contributed by atoms with Crippen LogP contribution >= 0.6 is 0 Å². The van der Waals surface area contributed by atoms with Gasteiger partial charge in [0, 0.05) is 35.4 Å². The minimum absolute atomic E-state index is 0.00883. The fourth-order valence-electron chi connectivity index (χ4n) is 6.65. The molecule has 0 bridgehead atoms. The first kappa shape index (κ1) is 37.1. The summed E-state index contributed by atoms with van der Waals surface area (Å²) in [5.74, 6) is -1.67. The zero-order chi connectivity index (χ0) is 37.3. The molecular formula is C39H48N4O8. The maximum atomic E-state index is 14.5. The predicted octanol–water partition coefficient (Wildman–Crippen LogP) is 5.73. The van der Waals surface area contributed by atoms with Crippen molar-refractivity contribution in [3.63, 3.8) is 0 Å². The van der Waals surface area contributed by atoms with Crippen molar-refractivity contribution in [2.45, 2.75) is 90.1 Å². The van der Waals surface area contributed by atoms with Gasteiger partial charge in [0.05, 0.1) is 24.9 Å². The second-order valence-electron chi connectivity index (χ2n) is 15.3. The van der Waals surface area contributed by atoms with Crippen molar-refractivity contribution in [3.8, 4) is 22.8 Å². The van der Waals surface area contributed by atoms with Crippen LogP contribution in [-0.2, 0) is 19.1 Å². The van der Waals surface area contributed by atoms with E-state index in [2.05, 4.69) is 17.2 Å². The third kappa shape index (κ3) is 7.95. The number of ether oxygens (including phenoxy) is 3. The van der Waals surface area contributed by atoms with Crippen LogP contribution in [-0.4, -0.2) is 81.8 Å². The highest BCUT2D eigenvalue weighted by atomic mass is 16.6. The second kappa shape index (κ2) is 14.2. The molecule has 2 fully saturated rings. The number of alkyl carbamates (subject to hydrolysis) is 1. The molecule has 5 rings (SSSR count). The van der Waals surface area contributed by atoms with Crippen molar-refractivity contribution in [3.05, 3.63) is 67.3 Å². The smallest absolute Gasteiger partial charge is 0.408 e. The fourth-order valence-corrected chi connectivity index (χ4v) is 6.65. The Morgan fingerprint density at radius 2 is 1.76 bits per heavy atom. The Bertz CT molecular complexity index is 1820. The van der Waals surface area contributed by atoms with Crippen LogP contribution < -0.4 is 20.1 Å². The number of methoxy groups -OCH3 is 1.